The zero-order chi connectivity index (χ0) is 24.2. The number of aromatic hydroxyl groups is 2. The number of benzene rings is 3. The van der Waals surface area contributed by atoms with Gasteiger partial charge in [0.25, 0.3) is 0 Å². The first-order valence-corrected chi connectivity index (χ1v) is 10.2. The summed E-state index contributed by atoms with van der Waals surface area (Å²) in [7, 11) is 6.22. The SMILES string of the molecule is COc1ccc(-c2nc(-c3ccc(O)cc3O)nc(-c3ccc(OC)cc3OC)n2)c(OC)c1. The smallest absolute Gasteiger partial charge is 0.167 e. The lowest BCUT2D eigenvalue weighted by Crippen LogP contribution is -2.02. The number of rotatable bonds is 7. The van der Waals surface area contributed by atoms with Gasteiger partial charge in [0.2, 0.25) is 0 Å². The number of hydrogen-bond acceptors (Lipinski definition) is 9. The minimum absolute atomic E-state index is 0.0793. The Balaban J connectivity index is 1.98. The molecular weight excluding hydrogens is 438 g/mol. The van der Waals surface area contributed by atoms with Crippen molar-refractivity contribution in [3.63, 3.8) is 0 Å². The standard InChI is InChI=1S/C25H23N3O6/c1-31-15-6-9-18(21(12-15)33-3)24-26-23(17-8-5-14(29)11-20(17)30)27-25(28-24)19-10-7-16(32-2)13-22(19)34-4/h5-13,29-30H,1-4H3. The minimum Gasteiger partial charge on any atom is -0.508 e. The fraction of sp³-hybridized carbons (Fsp3) is 0.160. The Bertz CT molecular complexity index is 1270. The van der Waals surface area contributed by atoms with E-state index in [1.165, 1.54) is 18.2 Å². The molecule has 1 aromatic heterocycles. The molecule has 0 aliphatic rings. The van der Waals surface area contributed by atoms with Gasteiger partial charge in [0, 0.05) is 18.2 Å². The van der Waals surface area contributed by atoms with E-state index in [0.717, 1.165) is 0 Å². The third-order valence-corrected chi connectivity index (χ3v) is 5.16. The van der Waals surface area contributed by atoms with E-state index in [9.17, 15) is 10.2 Å². The van der Waals surface area contributed by atoms with Gasteiger partial charge in [-0.3, -0.25) is 0 Å². The van der Waals surface area contributed by atoms with Crippen LogP contribution in [0.4, 0.5) is 0 Å². The van der Waals surface area contributed by atoms with Crippen molar-refractivity contribution in [3.8, 4) is 68.7 Å². The molecule has 0 unspecified atom stereocenters. The van der Waals surface area contributed by atoms with Crippen LogP contribution in [-0.2, 0) is 0 Å². The number of phenols is 2. The van der Waals surface area contributed by atoms with Crippen LogP contribution in [0.2, 0.25) is 0 Å². The molecule has 2 N–H and O–H groups in total. The van der Waals surface area contributed by atoms with E-state index >= 15 is 0 Å². The molecule has 0 radical (unpaired) electrons. The molecular formula is C25H23N3O6. The van der Waals surface area contributed by atoms with Crippen LogP contribution in [0.25, 0.3) is 34.2 Å². The van der Waals surface area contributed by atoms with Gasteiger partial charge in [-0.2, -0.15) is 0 Å². The average Bonchev–Trinajstić information content (AvgIpc) is 2.87. The van der Waals surface area contributed by atoms with Crippen LogP contribution >= 0.6 is 0 Å². The molecule has 0 bridgehead atoms. The summed E-state index contributed by atoms with van der Waals surface area (Å²) < 4.78 is 21.7. The van der Waals surface area contributed by atoms with Gasteiger partial charge in [-0.1, -0.05) is 0 Å². The highest BCUT2D eigenvalue weighted by molar-refractivity contribution is 5.74. The summed E-state index contributed by atoms with van der Waals surface area (Å²) in [5, 5.41) is 20.2. The maximum atomic E-state index is 10.5. The van der Waals surface area contributed by atoms with Crippen LogP contribution in [0.5, 0.6) is 34.5 Å². The van der Waals surface area contributed by atoms with Crippen molar-refractivity contribution in [3.05, 3.63) is 54.6 Å². The lowest BCUT2D eigenvalue weighted by Gasteiger charge is -2.14. The number of methoxy groups -OCH3 is 4. The second-order valence-corrected chi connectivity index (χ2v) is 7.14. The first kappa shape index (κ1) is 22.7. The van der Waals surface area contributed by atoms with Crippen LogP contribution in [0.15, 0.2) is 54.6 Å². The Labute approximate surface area is 196 Å². The molecule has 4 aromatic rings. The normalized spacial score (nSPS) is 10.6. The molecule has 0 aliphatic heterocycles. The van der Waals surface area contributed by atoms with Crippen molar-refractivity contribution in [2.45, 2.75) is 0 Å². The predicted octanol–water partition coefficient (Wildman–Crippen LogP) is 4.32. The molecule has 0 atom stereocenters. The largest absolute Gasteiger partial charge is 0.508 e. The number of hydrogen-bond donors (Lipinski definition) is 2. The first-order chi connectivity index (χ1) is 16.5. The maximum absolute atomic E-state index is 10.5. The Morgan fingerprint density at radius 2 is 0.971 bits per heavy atom. The third kappa shape index (κ3) is 4.36. The van der Waals surface area contributed by atoms with Crippen LogP contribution in [0, 0.1) is 0 Å². The molecule has 0 amide bonds. The molecule has 0 aliphatic carbocycles. The minimum atomic E-state index is -0.175. The fourth-order valence-corrected chi connectivity index (χ4v) is 3.41. The molecule has 4 rings (SSSR count). The quantitative estimate of drug-likeness (QED) is 0.415. The second kappa shape index (κ2) is 9.53. The highest BCUT2D eigenvalue weighted by Crippen LogP contribution is 2.37. The monoisotopic (exact) mass is 461 g/mol. The summed E-state index contributed by atoms with van der Waals surface area (Å²) in [5.41, 5.74) is 1.51. The van der Waals surface area contributed by atoms with Gasteiger partial charge in [0.15, 0.2) is 17.5 Å². The molecule has 3 aromatic carbocycles. The van der Waals surface area contributed by atoms with Gasteiger partial charge in [0.1, 0.15) is 34.5 Å². The van der Waals surface area contributed by atoms with Crippen molar-refractivity contribution in [1.82, 2.24) is 15.0 Å². The van der Waals surface area contributed by atoms with E-state index < -0.39 is 0 Å². The summed E-state index contributed by atoms with van der Waals surface area (Å²) in [4.78, 5) is 13.9. The Hall–Kier alpha value is -4.53. The number of ether oxygens (including phenoxy) is 4. The fourth-order valence-electron chi connectivity index (χ4n) is 3.41. The number of nitrogens with zero attached hydrogens (tertiary/aromatic N) is 3. The van der Waals surface area contributed by atoms with E-state index in [2.05, 4.69) is 15.0 Å². The van der Waals surface area contributed by atoms with E-state index in [-0.39, 0.29) is 17.3 Å². The average molecular weight is 461 g/mol. The maximum Gasteiger partial charge on any atom is 0.167 e. The van der Waals surface area contributed by atoms with Gasteiger partial charge in [-0.05, 0) is 36.4 Å². The van der Waals surface area contributed by atoms with Gasteiger partial charge in [0.05, 0.1) is 45.1 Å². The van der Waals surface area contributed by atoms with Gasteiger partial charge < -0.3 is 29.2 Å². The van der Waals surface area contributed by atoms with Crippen LogP contribution in [0.3, 0.4) is 0 Å². The van der Waals surface area contributed by atoms with E-state index in [0.29, 0.717) is 51.3 Å². The highest BCUT2D eigenvalue weighted by atomic mass is 16.5. The molecule has 9 nitrogen and oxygen atoms in total. The summed E-state index contributed by atoms with van der Waals surface area (Å²) in [5.74, 6) is 2.79. The van der Waals surface area contributed by atoms with Crippen LogP contribution < -0.4 is 18.9 Å². The Morgan fingerprint density at radius 1 is 0.529 bits per heavy atom. The summed E-state index contributed by atoms with van der Waals surface area (Å²) in [6.45, 7) is 0. The second-order valence-electron chi connectivity index (χ2n) is 7.14. The number of phenolic OH excluding ortho intramolecular Hbond substituents is 2. The van der Waals surface area contributed by atoms with Crippen molar-refractivity contribution < 1.29 is 29.2 Å². The Morgan fingerprint density at radius 3 is 1.38 bits per heavy atom. The van der Waals surface area contributed by atoms with Crippen molar-refractivity contribution in [1.29, 1.82) is 0 Å². The van der Waals surface area contributed by atoms with Crippen LogP contribution in [0.1, 0.15) is 0 Å². The van der Waals surface area contributed by atoms with Crippen LogP contribution in [-0.4, -0.2) is 53.6 Å². The number of aromatic nitrogens is 3. The topological polar surface area (TPSA) is 116 Å². The zero-order valence-corrected chi connectivity index (χ0v) is 19.1. The molecule has 174 valence electrons. The molecule has 0 saturated carbocycles. The predicted molar refractivity (Wildman–Crippen MR) is 126 cm³/mol. The highest BCUT2D eigenvalue weighted by Gasteiger charge is 2.19. The lowest BCUT2D eigenvalue weighted by molar-refractivity contribution is 0.395. The summed E-state index contributed by atoms with van der Waals surface area (Å²) in [6.07, 6.45) is 0. The molecule has 9 heteroatoms. The molecule has 1 heterocycles. The molecule has 0 fully saturated rings. The first-order valence-electron chi connectivity index (χ1n) is 10.2. The van der Waals surface area contributed by atoms with E-state index in [1.807, 2.05) is 0 Å². The van der Waals surface area contributed by atoms with Gasteiger partial charge in [-0.25, -0.2) is 15.0 Å². The molecule has 0 saturated heterocycles. The van der Waals surface area contributed by atoms with Crippen molar-refractivity contribution in [2.24, 2.45) is 0 Å². The summed E-state index contributed by atoms with van der Waals surface area (Å²) in [6, 6.07) is 14.8. The van der Waals surface area contributed by atoms with Gasteiger partial charge >= 0.3 is 0 Å². The Kier molecular flexibility index (Phi) is 6.35. The van der Waals surface area contributed by atoms with E-state index in [1.54, 1.807) is 64.8 Å². The van der Waals surface area contributed by atoms with Crippen molar-refractivity contribution >= 4 is 0 Å². The van der Waals surface area contributed by atoms with E-state index in [4.69, 9.17) is 18.9 Å². The zero-order valence-electron chi connectivity index (χ0n) is 19.1. The molecule has 34 heavy (non-hydrogen) atoms. The lowest BCUT2D eigenvalue weighted by atomic mass is 10.1. The van der Waals surface area contributed by atoms with Crippen molar-refractivity contribution in [2.75, 3.05) is 28.4 Å². The van der Waals surface area contributed by atoms with Gasteiger partial charge in [-0.15, -0.1) is 0 Å². The molecule has 0 spiro atoms. The third-order valence-electron chi connectivity index (χ3n) is 5.16. The summed E-state index contributed by atoms with van der Waals surface area (Å²) >= 11 is 0.